The summed E-state index contributed by atoms with van der Waals surface area (Å²) in [6.45, 7) is 8.49. The molecule has 134 valence electrons. The van der Waals surface area contributed by atoms with E-state index in [0.717, 1.165) is 0 Å². The summed E-state index contributed by atoms with van der Waals surface area (Å²) < 4.78 is 15.6. The number of aromatic nitrogens is 2. The molecule has 1 N–H and O–H groups in total. The largest absolute Gasteiger partial charge is 0.490 e. The highest BCUT2D eigenvalue weighted by atomic mass is 16.6. The molecule has 0 spiro atoms. The van der Waals surface area contributed by atoms with Crippen LogP contribution in [0.2, 0.25) is 0 Å². The van der Waals surface area contributed by atoms with Crippen molar-refractivity contribution in [1.29, 1.82) is 0 Å². The molecule has 9 nitrogen and oxygen atoms in total. The Labute approximate surface area is 141 Å². The van der Waals surface area contributed by atoms with Crippen LogP contribution in [-0.2, 0) is 16.8 Å². The van der Waals surface area contributed by atoms with Crippen LogP contribution in [0.25, 0.3) is 0 Å². The Hall–Kier alpha value is -2.45. The number of carbonyl (C=O) groups excluding carboxylic acids is 1. The number of carbonyl (C=O) groups is 1. The summed E-state index contributed by atoms with van der Waals surface area (Å²) in [5, 5.41) is 5.53. The van der Waals surface area contributed by atoms with Crippen LogP contribution >= 0.6 is 0 Å². The number of rotatable bonds is 6. The quantitative estimate of drug-likeness (QED) is 0.792. The van der Waals surface area contributed by atoms with Gasteiger partial charge in [0.15, 0.2) is 5.82 Å². The molecule has 24 heavy (non-hydrogen) atoms. The van der Waals surface area contributed by atoms with Crippen molar-refractivity contribution in [2.24, 2.45) is 5.18 Å². The summed E-state index contributed by atoms with van der Waals surface area (Å²) in [7, 11) is 2.83. The van der Waals surface area contributed by atoms with Crippen LogP contribution in [0.4, 0.5) is 4.79 Å². The first kappa shape index (κ1) is 19.6. The zero-order chi connectivity index (χ0) is 18.5. The molecule has 0 unspecified atom stereocenters. The molecular formula is C15H24N4O5. The average Bonchev–Trinajstić information content (AvgIpc) is 2.43. The maximum absolute atomic E-state index is 12.0. The molecule has 0 atom stereocenters. The predicted molar refractivity (Wildman–Crippen MR) is 87.0 cm³/mol. The monoisotopic (exact) mass is 340 g/mol. The molecule has 0 saturated heterocycles. The number of methoxy groups -OCH3 is 2. The van der Waals surface area contributed by atoms with Gasteiger partial charge in [0.2, 0.25) is 5.75 Å². The maximum atomic E-state index is 12.0. The molecule has 9 heteroatoms. The molecule has 0 saturated carbocycles. The highest BCUT2D eigenvalue weighted by Crippen LogP contribution is 2.31. The molecule has 1 amide bonds. The van der Waals surface area contributed by atoms with Crippen molar-refractivity contribution in [2.75, 3.05) is 14.2 Å². The number of alkyl carbamates (subject to hydrolysis) is 1. The van der Waals surface area contributed by atoms with Gasteiger partial charge >= 0.3 is 6.09 Å². The summed E-state index contributed by atoms with van der Waals surface area (Å²) in [6.07, 6.45) is -0.610. The van der Waals surface area contributed by atoms with E-state index in [1.165, 1.54) is 14.2 Å². The fourth-order valence-electron chi connectivity index (χ4n) is 1.88. The molecule has 1 rings (SSSR count). The number of amides is 1. The zero-order valence-corrected chi connectivity index (χ0v) is 15.1. The van der Waals surface area contributed by atoms with Gasteiger partial charge in [-0.15, -0.1) is 0 Å². The smallest absolute Gasteiger partial charge is 0.408 e. The van der Waals surface area contributed by atoms with E-state index in [4.69, 9.17) is 14.2 Å². The Balaban J connectivity index is 3.20. The highest BCUT2D eigenvalue weighted by molar-refractivity contribution is 5.68. The predicted octanol–water partition coefficient (Wildman–Crippen LogP) is 2.52. The van der Waals surface area contributed by atoms with Gasteiger partial charge in [-0.25, -0.2) is 9.78 Å². The van der Waals surface area contributed by atoms with Crippen molar-refractivity contribution < 1.29 is 19.0 Å². The van der Waals surface area contributed by atoms with Crippen molar-refractivity contribution in [1.82, 2.24) is 15.3 Å². The first-order chi connectivity index (χ1) is 11.0. The van der Waals surface area contributed by atoms with Gasteiger partial charge in [0.25, 0.3) is 5.88 Å². The molecule has 1 heterocycles. The second-order valence-corrected chi connectivity index (χ2v) is 6.58. The third-order valence-electron chi connectivity index (χ3n) is 2.89. The molecule has 1 aromatic heterocycles. The van der Waals surface area contributed by atoms with Gasteiger partial charge in [-0.1, -0.05) is 5.18 Å². The Kier molecular flexibility index (Phi) is 6.05. The van der Waals surface area contributed by atoms with Gasteiger partial charge in [-0.3, -0.25) is 0 Å². The fraction of sp³-hybridized carbons (Fsp3) is 0.667. The van der Waals surface area contributed by atoms with E-state index in [1.54, 1.807) is 34.6 Å². The molecule has 0 radical (unpaired) electrons. The first-order valence-corrected chi connectivity index (χ1v) is 7.33. The van der Waals surface area contributed by atoms with Crippen LogP contribution in [0, 0.1) is 4.91 Å². The summed E-state index contributed by atoms with van der Waals surface area (Å²) >= 11 is 0. The Bertz CT molecular complexity index is 611. The molecule has 0 aliphatic rings. The van der Waals surface area contributed by atoms with E-state index >= 15 is 0 Å². The van der Waals surface area contributed by atoms with E-state index in [9.17, 15) is 9.70 Å². The Morgan fingerprint density at radius 3 is 2.21 bits per heavy atom. The summed E-state index contributed by atoms with van der Waals surface area (Å²) in [6, 6.07) is 0. The van der Waals surface area contributed by atoms with Gasteiger partial charge in [-0.2, -0.15) is 9.89 Å². The highest BCUT2D eigenvalue weighted by Gasteiger charge is 2.31. The van der Waals surface area contributed by atoms with Gasteiger partial charge in [0, 0.05) is 0 Å². The van der Waals surface area contributed by atoms with Crippen molar-refractivity contribution in [3.8, 4) is 11.6 Å². The molecule has 0 aromatic carbocycles. The van der Waals surface area contributed by atoms with Crippen LogP contribution in [0.1, 0.15) is 46.1 Å². The number of hydrogen-bond donors (Lipinski definition) is 1. The van der Waals surface area contributed by atoms with Crippen LogP contribution in [0.15, 0.2) is 5.18 Å². The minimum Gasteiger partial charge on any atom is -0.490 e. The number of nitroso groups, excluding NO2 is 1. The molecule has 1 aromatic rings. The van der Waals surface area contributed by atoms with Gasteiger partial charge in [-0.05, 0) is 34.6 Å². The average molecular weight is 340 g/mol. The van der Waals surface area contributed by atoms with E-state index in [1.807, 2.05) is 0 Å². The van der Waals surface area contributed by atoms with Crippen molar-refractivity contribution in [3.63, 3.8) is 0 Å². The van der Waals surface area contributed by atoms with E-state index in [-0.39, 0.29) is 29.7 Å². The Morgan fingerprint density at radius 1 is 1.12 bits per heavy atom. The van der Waals surface area contributed by atoms with Gasteiger partial charge in [0.05, 0.1) is 19.8 Å². The third-order valence-corrected chi connectivity index (χ3v) is 2.89. The zero-order valence-electron chi connectivity index (χ0n) is 15.1. The van der Waals surface area contributed by atoms with Crippen molar-refractivity contribution >= 4 is 6.09 Å². The number of hydrogen-bond acceptors (Lipinski definition) is 8. The van der Waals surface area contributed by atoms with Crippen LogP contribution < -0.4 is 14.8 Å². The third kappa shape index (κ3) is 5.04. The lowest BCUT2D eigenvalue weighted by Crippen LogP contribution is -2.45. The number of nitrogens with zero attached hydrogens (tertiary/aromatic N) is 3. The fourth-order valence-corrected chi connectivity index (χ4v) is 1.88. The lowest BCUT2D eigenvalue weighted by atomic mass is 10.0. The topological polar surface area (TPSA) is 112 Å². The first-order valence-electron chi connectivity index (χ1n) is 7.33. The van der Waals surface area contributed by atoms with E-state index in [0.29, 0.717) is 0 Å². The van der Waals surface area contributed by atoms with Crippen molar-refractivity contribution in [3.05, 3.63) is 16.4 Å². The van der Waals surface area contributed by atoms with Crippen molar-refractivity contribution in [2.45, 2.75) is 52.3 Å². The van der Waals surface area contributed by atoms with Crippen LogP contribution in [-0.4, -0.2) is 35.9 Å². The van der Waals surface area contributed by atoms with E-state index < -0.39 is 17.2 Å². The minimum atomic E-state index is -0.973. The summed E-state index contributed by atoms with van der Waals surface area (Å²) in [5.74, 6) is 0.624. The second-order valence-electron chi connectivity index (χ2n) is 6.58. The lowest BCUT2D eigenvalue weighted by molar-refractivity contribution is 0.0465. The van der Waals surface area contributed by atoms with Crippen LogP contribution in [0.5, 0.6) is 11.6 Å². The maximum Gasteiger partial charge on any atom is 0.408 e. The number of ether oxygens (including phenoxy) is 3. The SMILES string of the molecule is COc1nc(C(C)(C)NC(=O)OC(C)(C)C)nc(CN=O)c1OC. The molecular weight excluding hydrogens is 316 g/mol. The minimum absolute atomic E-state index is 0.153. The van der Waals surface area contributed by atoms with E-state index in [2.05, 4.69) is 20.5 Å². The second kappa shape index (κ2) is 7.41. The molecule has 0 bridgehead atoms. The Morgan fingerprint density at radius 2 is 1.75 bits per heavy atom. The normalized spacial score (nSPS) is 11.6. The molecule has 0 fully saturated rings. The number of nitrogens with one attached hydrogen (secondary N) is 1. The summed E-state index contributed by atoms with van der Waals surface area (Å²) in [4.78, 5) is 31.2. The van der Waals surface area contributed by atoms with Gasteiger partial charge in [0.1, 0.15) is 17.8 Å². The van der Waals surface area contributed by atoms with Crippen LogP contribution in [0.3, 0.4) is 0 Å². The van der Waals surface area contributed by atoms with Gasteiger partial charge < -0.3 is 19.5 Å². The standard InChI is InChI=1S/C15H24N4O5/c1-14(2,3)24-13(20)19-15(4,5)12-17-9(8-16-21)10(22-6)11(18-12)23-7/h8H2,1-7H3,(H,19,20). The lowest BCUT2D eigenvalue weighted by Gasteiger charge is -2.28. The summed E-state index contributed by atoms with van der Waals surface area (Å²) in [5.41, 5.74) is -1.33. The molecule has 0 aliphatic carbocycles. The molecule has 0 aliphatic heterocycles.